The average molecular weight is 231 g/mol. The maximum atomic E-state index is 12.1. The summed E-state index contributed by atoms with van der Waals surface area (Å²) in [6.45, 7) is 8.58. The molecule has 4 atom stereocenters. The van der Waals surface area contributed by atoms with Gasteiger partial charge in [-0.15, -0.1) is 0 Å². The molecular formula is C12H25NOS. The number of nitrogens with two attached hydrogens (primary N) is 1. The Kier molecular flexibility index (Phi) is 4.78. The Bertz CT molecular complexity index is 228. The van der Waals surface area contributed by atoms with Crippen LogP contribution in [0.25, 0.3) is 0 Å². The molecule has 0 spiro atoms. The van der Waals surface area contributed by atoms with Gasteiger partial charge in [0.25, 0.3) is 0 Å². The molecule has 3 heteroatoms. The largest absolute Gasteiger partial charge is 0.327 e. The second kappa shape index (κ2) is 5.44. The summed E-state index contributed by atoms with van der Waals surface area (Å²) in [7, 11) is -0.751. The molecule has 1 aliphatic rings. The Labute approximate surface area is 96.5 Å². The van der Waals surface area contributed by atoms with Crippen LogP contribution in [-0.4, -0.2) is 20.8 Å². The molecule has 15 heavy (non-hydrogen) atoms. The molecule has 0 aromatic rings. The zero-order valence-electron chi connectivity index (χ0n) is 10.4. The van der Waals surface area contributed by atoms with Gasteiger partial charge in [-0.3, -0.25) is 4.21 Å². The third kappa shape index (κ3) is 3.28. The predicted octanol–water partition coefficient (Wildman–Crippen LogP) is 2.30. The summed E-state index contributed by atoms with van der Waals surface area (Å²) in [4.78, 5) is 0. The summed E-state index contributed by atoms with van der Waals surface area (Å²) in [6, 6.07) is 0.156. The molecule has 1 rings (SSSR count). The smallest absolute Gasteiger partial charge is 0.0504 e. The molecule has 1 saturated carbocycles. The zero-order chi connectivity index (χ0) is 11.6. The average Bonchev–Trinajstić information content (AvgIpc) is 2.16. The molecule has 0 saturated heterocycles. The van der Waals surface area contributed by atoms with Crippen molar-refractivity contribution >= 4 is 10.8 Å². The van der Waals surface area contributed by atoms with Crippen molar-refractivity contribution in [1.82, 2.24) is 0 Å². The van der Waals surface area contributed by atoms with Gasteiger partial charge >= 0.3 is 0 Å². The molecule has 0 radical (unpaired) electrons. The fourth-order valence-electron chi connectivity index (χ4n) is 2.41. The van der Waals surface area contributed by atoms with Crippen molar-refractivity contribution in [1.29, 1.82) is 0 Å². The highest BCUT2D eigenvalue weighted by molar-refractivity contribution is 7.86. The third-order valence-corrected chi connectivity index (χ3v) is 5.66. The Morgan fingerprint density at radius 2 is 1.80 bits per heavy atom. The van der Waals surface area contributed by atoms with Crippen LogP contribution in [-0.2, 0) is 10.8 Å². The molecule has 0 amide bonds. The molecule has 0 bridgehead atoms. The van der Waals surface area contributed by atoms with Crippen molar-refractivity contribution in [3.05, 3.63) is 0 Å². The van der Waals surface area contributed by atoms with Crippen LogP contribution < -0.4 is 5.73 Å². The second-order valence-electron chi connectivity index (χ2n) is 5.40. The van der Waals surface area contributed by atoms with Crippen LogP contribution in [0.4, 0.5) is 0 Å². The lowest BCUT2D eigenvalue weighted by Crippen LogP contribution is -2.45. The molecule has 0 aromatic heterocycles. The lowest BCUT2D eigenvalue weighted by molar-refractivity contribution is 0.263. The van der Waals surface area contributed by atoms with Gasteiger partial charge < -0.3 is 5.73 Å². The van der Waals surface area contributed by atoms with E-state index in [0.29, 0.717) is 5.92 Å². The lowest BCUT2D eigenvalue weighted by Gasteiger charge is -2.36. The van der Waals surface area contributed by atoms with Gasteiger partial charge in [0.15, 0.2) is 0 Å². The first-order valence-corrected chi connectivity index (χ1v) is 7.36. The quantitative estimate of drug-likeness (QED) is 0.810. The van der Waals surface area contributed by atoms with E-state index in [1.54, 1.807) is 0 Å². The first-order valence-electron chi connectivity index (χ1n) is 6.08. The third-order valence-electron chi connectivity index (χ3n) is 3.59. The van der Waals surface area contributed by atoms with Gasteiger partial charge in [0.1, 0.15) is 0 Å². The van der Waals surface area contributed by atoms with Crippen molar-refractivity contribution in [3.63, 3.8) is 0 Å². The molecule has 90 valence electrons. The second-order valence-corrected chi connectivity index (χ2v) is 7.60. The van der Waals surface area contributed by atoms with E-state index in [1.165, 1.54) is 6.42 Å². The molecule has 0 aromatic carbocycles. The van der Waals surface area contributed by atoms with Crippen molar-refractivity contribution < 1.29 is 4.21 Å². The Morgan fingerprint density at radius 1 is 1.20 bits per heavy atom. The van der Waals surface area contributed by atoms with E-state index in [-0.39, 0.29) is 16.5 Å². The molecule has 2 nitrogen and oxygen atoms in total. The van der Waals surface area contributed by atoms with E-state index < -0.39 is 10.8 Å². The summed E-state index contributed by atoms with van der Waals surface area (Å²) < 4.78 is 12.1. The van der Waals surface area contributed by atoms with Crippen LogP contribution in [0.5, 0.6) is 0 Å². The van der Waals surface area contributed by atoms with Gasteiger partial charge in [0, 0.05) is 22.1 Å². The first kappa shape index (κ1) is 13.2. The van der Waals surface area contributed by atoms with E-state index in [1.807, 2.05) is 13.8 Å². The number of hydrogen-bond donors (Lipinski definition) is 1. The standard InChI is InChI=1S/C12H25NOS/c1-8(2)10-5-6-11(13)12(7-10)15(14)9(3)4/h8-12H,5-7,13H2,1-4H3. The molecule has 2 N–H and O–H groups in total. The maximum Gasteiger partial charge on any atom is 0.0504 e. The Morgan fingerprint density at radius 3 is 2.27 bits per heavy atom. The van der Waals surface area contributed by atoms with Crippen molar-refractivity contribution in [2.24, 2.45) is 17.6 Å². The van der Waals surface area contributed by atoms with Crippen molar-refractivity contribution in [3.8, 4) is 0 Å². The zero-order valence-corrected chi connectivity index (χ0v) is 11.2. The lowest BCUT2D eigenvalue weighted by atomic mass is 9.79. The topological polar surface area (TPSA) is 43.1 Å². The molecule has 0 aliphatic heterocycles. The van der Waals surface area contributed by atoms with Gasteiger partial charge in [0.05, 0.1) is 5.25 Å². The predicted molar refractivity (Wildman–Crippen MR) is 67.2 cm³/mol. The van der Waals surface area contributed by atoms with Gasteiger partial charge in [-0.1, -0.05) is 27.7 Å². The minimum Gasteiger partial charge on any atom is -0.327 e. The van der Waals surface area contributed by atoms with Crippen LogP contribution in [0.15, 0.2) is 0 Å². The van der Waals surface area contributed by atoms with E-state index >= 15 is 0 Å². The normalized spacial score (nSPS) is 34.7. The minimum atomic E-state index is -0.751. The van der Waals surface area contributed by atoms with Crippen LogP contribution in [0.3, 0.4) is 0 Å². The fraction of sp³-hybridized carbons (Fsp3) is 1.00. The van der Waals surface area contributed by atoms with E-state index in [0.717, 1.165) is 18.8 Å². The highest BCUT2D eigenvalue weighted by Crippen LogP contribution is 2.32. The summed E-state index contributed by atoms with van der Waals surface area (Å²) in [5.74, 6) is 1.42. The summed E-state index contributed by atoms with van der Waals surface area (Å²) in [5.41, 5.74) is 6.09. The Hall–Kier alpha value is 0.110. The number of rotatable bonds is 3. The molecule has 0 heterocycles. The van der Waals surface area contributed by atoms with Gasteiger partial charge in [-0.25, -0.2) is 0 Å². The minimum absolute atomic E-state index is 0.156. The molecule has 1 fully saturated rings. The molecular weight excluding hydrogens is 206 g/mol. The van der Waals surface area contributed by atoms with E-state index in [4.69, 9.17) is 5.73 Å². The Balaban J connectivity index is 2.65. The first-order chi connectivity index (χ1) is 6.93. The van der Waals surface area contributed by atoms with Gasteiger partial charge in [0.2, 0.25) is 0 Å². The molecule has 4 unspecified atom stereocenters. The SMILES string of the molecule is CC(C)C1CCC(N)C(S(=O)C(C)C)C1. The maximum absolute atomic E-state index is 12.1. The number of hydrogen-bond acceptors (Lipinski definition) is 2. The van der Waals surface area contributed by atoms with Crippen molar-refractivity contribution in [2.75, 3.05) is 0 Å². The summed E-state index contributed by atoms with van der Waals surface area (Å²) in [6.07, 6.45) is 3.32. The van der Waals surface area contributed by atoms with Crippen LogP contribution in [0.2, 0.25) is 0 Å². The van der Waals surface area contributed by atoms with Crippen LogP contribution >= 0.6 is 0 Å². The van der Waals surface area contributed by atoms with Gasteiger partial charge in [-0.05, 0) is 31.1 Å². The monoisotopic (exact) mass is 231 g/mol. The van der Waals surface area contributed by atoms with Crippen LogP contribution in [0.1, 0.15) is 47.0 Å². The van der Waals surface area contributed by atoms with Gasteiger partial charge in [-0.2, -0.15) is 0 Å². The molecule has 1 aliphatic carbocycles. The highest BCUT2D eigenvalue weighted by Gasteiger charge is 2.34. The summed E-state index contributed by atoms with van der Waals surface area (Å²) >= 11 is 0. The summed E-state index contributed by atoms with van der Waals surface area (Å²) in [5, 5.41) is 0.470. The van der Waals surface area contributed by atoms with Crippen LogP contribution in [0, 0.1) is 11.8 Å². The van der Waals surface area contributed by atoms with E-state index in [2.05, 4.69) is 13.8 Å². The highest BCUT2D eigenvalue weighted by atomic mass is 32.2. The fourth-order valence-corrected chi connectivity index (χ4v) is 4.02. The van der Waals surface area contributed by atoms with Crippen molar-refractivity contribution in [2.45, 2.75) is 63.5 Å². The van der Waals surface area contributed by atoms with E-state index in [9.17, 15) is 4.21 Å².